The number of hydrogen-bond donors (Lipinski definition) is 0. The van der Waals surface area contributed by atoms with E-state index in [9.17, 15) is 9.59 Å². The Morgan fingerprint density at radius 2 is 1.88 bits per heavy atom. The summed E-state index contributed by atoms with van der Waals surface area (Å²) in [4.78, 5) is 26.1. The van der Waals surface area contributed by atoms with E-state index in [1.807, 2.05) is 61.5 Å². The van der Waals surface area contributed by atoms with E-state index in [-0.39, 0.29) is 24.3 Å². The van der Waals surface area contributed by atoms with Crippen LogP contribution in [-0.4, -0.2) is 29.2 Å². The molecule has 2 amide bonds. The summed E-state index contributed by atoms with van der Waals surface area (Å²) in [5, 5.41) is -0.255. The molecular formula is C19H17NO3S. The number of imide groups is 1. The van der Waals surface area contributed by atoms with Crippen LogP contribution in [0.1, 0.15) is 11.1 Å². The third kappa shape index (κ3) is 3.86. The molecule has 122 valence electrons. The van der Waals surface area contributed by atoms with Crippen LogP contribution in [0.3, 0.4) is 0 Å². The second kappa shape index (κ2) is 7.36. The van der Waals surface area contributed by atoms with Gasteiger partial charge in [-0.25, -0.2) is 0 Å². The van der Waals surface area contributed by atoms with Crippen molar-refractivity contribution in [2.24, 2.45) is 0 Å². The number of rotatable bonds is 5. The first kappa shape index (κ1) is 16.3. The number of amides is 2. The highest BCUT2D eigenvalue weighted by Crippen LogP contribution is 2.31. The average Bonchev–Trinajstić information content (AvgIpc) is 2.83. The zero-order valence-corrected chi connectivity index (χ0v) is 14.1. The van der Waals surface area contributed by atoms with Crippen LogP contribution in [0.5, 0.6) is 5.75 Å². The first-order valence-corrected chi connectivity index (χ1v) is 8.45. The molecule has 0 aliphatic carbocycles. The van der Waals surface area contributed by atoms with Crippen molar-refractivity contribution in [1.29, 1.82) is 0 Å². The highest BCUT2D eigenvalue weighted by molar-refractivity contribution is 8.18. The molecule has 5 heteroatoms. The third-order valence-corrected chi connectivity index (χ3v) is 4.45. The summed E-state index contributed by atoms with van der Waals surface area (Å²) in [6, 6.07) is 17.2. The molecule has 1 aliphatic heterocycles. The number of ether oxygens (including phenoxy) is 1. The molecule has 1 saturated heterocycles. The molecule has 2 aromatic carbocycles. The van der Waals surface area contributed by atoms with Gasteiger partial charge in [0.1, 0.15) is 12.4 Å². The minimum atomic E-state index is -0.262. The van der Waals surface area contributed by atoms with Crippen LogP contribution in [0.2, 0.25) is 0 Å². The Bertz CT molecular complexity index is 786. The van der Waals surface area contributed by atoms with E-state index in [0.717, 1.165) is 28.6 Å². The van der Waals surface area contributed by atoms with Gasteiger partial charge in [0.15, 0.2) is 0 Å². The number of aryl methyl sites for hydroxylation is 1. The van der Waals surface area contributed by atoms with Gasteiger partial charge in [-0.2, -0.15) is 0 Å². The van der Waals surface area contributed by atoms with E-state index in [1.54, 1.807) is 6.08 Å². The molecule has 2 aromatic rings. The second-order valence-corrected chi connectivity index (χ2v) is 6.40. The third-order valence-electron chi connectivity index (χ3n) is 3.54. The SMILES string of the molecule is Cc1cccc(OCCN2C(=O)S/C(=C\c3ccccc3)C2=O)c1. The molecule has 1 aliphatic rings. The maximum Gasteiger partial charge on any atom is 0.293 e. The number of nitrogens with zero attached hydrogens (tertiary/aromatic N) is 1. The molecule has 0 spiro atoms. The maximum absolute atomic E-state index is 12.4. The van der Waals surface area contributed by atoms with Crippen molar-refractivity contribution in [2.45, 2.75) is 6.92 Å². The minimum absolute atomic E-state index is 0.241. The van der Waals surface area contributed by atoms with Gasteiger partial charge in [-0.15, -0.1) is 0 Å². The van der Waals surface area contributed by atoms with Crippen molar-refractivity contribution >= 4 is 29.0 Å². The van der Waals surface area contributed by atoms with E-state index >= 15 is 0 Å². The summed E-state index contributed by atoms with van der Waals surface area (Å²) in [7, 11) is 0. The summed E-state index contributed by atoms with van der Waals surface area (Å²) < 4.78 is 5.62. The standard InChI is InChI=1S/C19H17NO3S/c1-14-6-5-9-16(12-14)23-11-10-20-18(21)17(24-19(20)22)13-15-7-3-2-4-8-15/h2-9,12-13H,10-11H2,1H3/b17-13-. The molecule has 0 bridgehead atoms. The summed E-state index contributed by atoms with van der Waals surface area (Å²) in [5.74, 6) is 0.475. The van der Waals surface area contributed by atoms with Gasteiger partial charge in [0, 0.05) is 0 Å². The number of hydrogen-bond acceptors (Lipinski definition) is 4. The lowest BCUT2D eigenvalue weighted by molar-refractivity contribution is -0.123. The highest BCUT2D eigenvalue weighted by atomic mass is 32.2. The largest absolute Gasteiger partial charge is 0.492 e. The normalized spacial score (nSPS) is 16.0. The fourth-order valence-corrected chi connectivity index (χ4v) is 3.22. The number of thioether (sulfide) groups is 1. The molecule has 3 rings (SSSR count). The molecule has 1 heterocycles. The molecule has 0 radical (unpaired) electrons. The Labute approximate surface area is 145 Å². The molecule has 0 atom stereocenters. The topological polar surface area (TPSA) is 46.6 Å². The average molecular weight is 339 g/mol. The van der Waals surface area contributed by atoms with Crippen LogP contribution in [0.4, 0.5) is 4.79 Å². The smallest absolute Gasteiger partial charge is 0.293 e. The Morgan fingerprint density at radius 1 is 1.08 bits per heavy atom. The first-order chi connectivity index (χ1) is 11.6. The van der Waals surface area contributed by atoms with Crippen LogP contribution in [0.25, 0.3) is 6.08 Å². The van der Waals surface area contributed by atoms with Gasteiger partial charge in [-0.1, -0.05) is 42.5 Å². The van der Waals surface area contributed by atoms with Crippen molar-refractivity contribution in [3.05, 3.63) is 70.6 Å². The van der Waals surface area contributed by atoms with Gasteiger partial charge in [-0.05, 0) is 48.0 Å². The first-order valence-electron chi connectivity index (χ1n) is 7.63. The lowest BCUT2D eigenvalue weighted by Gasteiger charge is -2.13. The van der Waals surface area contributed by atoms with Gasteiger partial charge >= 0.3 is 0 Å². The van der Waals surface area contributed by atoms with E-state index in [4.69, 9.17) is 4.74 Å². The molecule has 24 heavy (non-hydrogen) atoms. The van der Waals surface area contributed by atoms with Crippen molar-refractivity contribution in [1.82, 2.24) is 4.90 Å². The molecule has 0 saturated carbocycles. The zero-order chi connectivity index (χ0) is 16.9. The molecule has 0 N–H and O–H groups in total. The minimum Gasteiger partial charge on any atom is -0.492 e. The summed E-state index contributed by atoms with van der Waals surface area (Å²) in [6.45, 7) is 2.50. The van der Waals surface area contributed by atoms with Crippen LogP contribution in [-0.2, 0) is 4.79 Å². The Morgan fingerprint density at radius 3 is 2.62 bits per heavy atom. The second-order valence-electron chi connectivity index (χ2n) is 5.41. The quantitative estimate of drug-likeness (QED) is 0.769. The van der Waals surface area contributed by atoms with E-state index in [1.165, 1.54) is 4.90 Å². The van der Waals surface area contributed by atoms with Crippen LogP contribution in [0.15, 0.2) is 59.5 Å². The van der Waals surface area contributed by atoms with Gasteiger partial charge in [0.05, 0.1) is 11.4 Å². The van der Waals surface area contributed by atoms with Gasteiger partial charge < -0.3 is 4.74 Å². The van der Waals surface area contributed by atoms with Gasteiger partial charge in [0.25, 0.3) is 11.1 Å². The summed E-state index contributed by atoms with van der Waals surface area (Å²) >= 11 is 0.968. The van der Waals surface area contributed by atoms with E-state index in [0.29, 0.717) is 4.91 Å². The van der Waals surface area contributed by atoms with Gasteiger partial charge in [-0.3, -0.25) is 14.5 Å². The van der Waals surface area contributed by atoms with Crippen LogP contribution < -0.4 is 4.74 Å². The zero-order valence-electron chi connectivity index (χ0n) is 13.3. The molecule has 0 aromatic heterocycles. The summed E-state index contributed by atoms with van der Waals surface area (Å²) in [5.41, 5.74) is 2.00. The lowest BCUT2D eigenvalue weighted by atomic mass is 10.2. The Balaban J connectivity index is 1.61. The Kier molecular flexibility index (Phi) is 5.01. The summed E-state index contributed by atoms with van der Waals surface area (Å²) in [6.07, 6.45) is 1.74. The fourth-order valence-electron chi connectivity index (χ4n) is 2.35. The predicted molar refractivity (Wildman–Crippen MR) is 95.8 cm³/mol. The number of benzene rings is 2. The van der Waals surface area contributed by atoms with Crippen LogP contribution >= 0.6 is 11.8 Å². The highest BCUT2D eigenvalue weighted by Gasteiger charge is 2.34. The Hall–Kier alpha value is -2.53. The lowest BCUT2D eigenvalue weighted by Crippen LogP contribution is -2.32. The maximum atomic E-state index is 12.4. The molecule has 4 nitrogen and oxygen atoms in total. The van der Waals surface area contributed by atoms with Crippen molar-refractivity contribution < 1.29 is 14.3 Å². The van der Waals surface area contributed by atoms with Crippen molar-refractivity contribution in [3.63, 3.8) is 0 Å². The number of carbonyl (C=O) groups is 2. The van der Waals surface area contributed by atoms with E-state index in [2.05, 4.69) is 0 Å². The van der Waals surface area contributed by atoms with Crippen molar-refractivity contribution in [2.75, 3.05) is 13.2 Å². The van der Waals surface area contributed by atoms with Crippen LogP contribution in [0, 0.1) is 6.92 Å². The molecular weight excluding hydrogens is 322 g/mol. The molecule has 0 unspecified atom stereocenters. The van der Waals surface area contributed by atoms with Crippen molar-refractivity contribution in [3.8, 4) is 5.75 Å². The molecule has 1 fully saturated rings. The van der Waals surface area contributed by atoms with E-state index < -0.39 is 0 Å². The fraction of sp³-hybridized carbons (Fsp3) is 0.158. The predicted octanol–water partition coefficient (Wildman–Crippen LogP) is 4.11. The van der Waals surface area contributed by atoms with Gasteiger partial charge in [0.2, 0.25) is 0 Å². The monoisotopic (exact) mass is 339 g/mol. The number of carbonyl (C=O) groups excluding carboxylic acids is 2.